The molecule has 0 atom stereocenters. The first-order chi connectivity index (χ1) is 5.79. The van der Waals surface area contributed by atoms with Gasteiger partial charge in [0.2, 0.25) is 0 Å². The van der Waals surface area contributed by atoms with Crippen LogP contribution in [-0.2, 0) is 0 Å². The highest BCUT2D eigenvalue weighted by atomic mass is 31.2. The van der Waals surface area contributed by atoms with Crippen molar-refractivity contribution in [1.82, 2.24) is 0 Å². The molecule has 1 saturated carbocycles. The molecule has 0 unspecified atom stereocenters. The number of rotatable bonds is 4. The quantitative estimate of drug-likeness (QED) is 0.583. The van der Waals surface area contributed by atoms with E-state index in [9.17, 15) is 0 Å². The van der Waals surface area contributed by atoms with Crippen molar-refractivity contribution in [2.75, 3.05) is 18.5 Å². The molecular formula is C11H24P+. The highest BCUT2D eigenvalue weighted by Crippen LogP contribution is 2.65. The molecule has 72 valence electrons. The van der Waals surface area contributed by atoms with Crippen LogP contribution in [0, 0.1) is 0 Å². The highest BCUT2D eigenvalue weighted by molar-refractivity contribution is 7.76. The molecule has 0 amide bonds. The lowest BCUT2D eigenvalue weighted by molar-refractivity contribution is 0.869. The van der Waals surface area contributed by atoms with Gasteiger partial charge in [-0.15, -0.1) is 0 Å². The Morgan fingerprint density at radius 1 is 0.917 bits per heavy atom. The molecular weight excluding hydrogens is 163 g/mol. The SMILES string of the molecule is CC[P+](CC)(CC)C1CCCC1. The van der Waals surface area contributed by atoms with Crippen molar-refractivity contribution in [3.05, 3.63) is 0 Å². The van der Waals surface area contributed by atoms with Crippen LogP contribution in [0.5, 0.6) is 0 Å². The van der Waals surface area contributed by atoms with Crippen molar-refractivity contribution in [2.24, 2.45) is 0 Å². The zero-order chi connectivity index (χ0) is 9.03. The Labute approximate surface area is 78.5 Å². The largest absolute Gasteiger partial charge is 0.0697 e. The maximum absolute atomic E-state index is 2.43. The van der Waals surface area contributed by atoms with Gasteiger partial charge in [0, 0.05) is 7.26 Å². The molecule has 0 nitrogen and oxygen atoms in total. The Kier molecular flexibility index (Phi) is 4.03. The van der Waals surface area contributed by atoms with E-state index in [1.807, 2.05) is 0 Å². The molecule has 1 aliphatic carbocycles. The first kappa shape index (κ1) is 10.5. The molecule has 0 aromatic heterocycles. The molecule has 0 aromatic rings. The van der Waals surface area contributed by atoms with Crippen molar-refractivity contribution < 1.29 is 0 Å². The normalized spacial score (nSPS) is 20.2. The minimum absolute atomic E-state index is 0.486. The van der Waals surface area contributed by atoms with Crippen LogP contribution in [-0.4, -0.2) is 24.1 Å². The second kappa shape index (κ2) is 4.61. The maximum atomic E-state index is 2.43. The van der Waals surface area contributed by atoms with Gasteiger partial charge in [0.05, 0.1) is 24.1 Å². The van der Waals surface area contributed by atoms with Gasteiger partial charge in [-0.25, -0.2) is 0 Å². The highest BCUT2D eigenvalue weighted by Gasteiger charge is 2.41. The van der Waals surface area contributed by atoms with Crippen LogP contribution >= 0.6 is 7.26 Å². The monoisotopic (exact) mass is 187 g/mol. The van der Waals surface area contributed by atoms with Crippen LogP contribution in [0.15, 0.2) is 0 Å². The third-order valence-electron chi connectivity index (χ3n) is 3.99. The fourth-order valence-electron chi connectivity index (χ4n) is 2.90. The average Bonchev–Trinajstić information content (AvgIpc) is 2.62. The Hall–Kier alpha value is 0.430. The molecule has 0 bridgehead atoms. The van der Waals surface area contributed by atoms with E-state index in [2.05, 4.69) is 20.8 Å². The van der Waals surface area contributed by atoms with E-state index < -0.39 is 7.26 Å². The third-order valence-corrected chi connectivity index (χ3v) is 9.83. The van der Waals surface area contributed by atoms with Crippen molar-refractivity contribution >= 4 is 7.26 Å². The van der Waals surface area contributed by atoms with Gasteiger partial charge in [0.15, 0.2) is 0 Å². The minimum atomic E-state index is -0.486. The van der Waals surface area contributed by atoms with Crippen LogP contribution < -0.4 is 0 Å². The van der Waals surface area contributed by atoms with Crippen LogP contribution in [0.4, 0.5) is 0 Å². The number of hydrogen-bond donors (Lipinski definition) is 0. The topological polar surface area (TPSA) is 0 Å². The van der Waals surface area contributed by atoms with E-state index in [1.165, 1.54) is 31.3 Å². The Morgan fingerprint density at radius 2 is 1.33 bits per heavy atom. The maximum Gasteiger partial charge on any atom is 0.0697 e. The minimum Gasteiger partial charge on any atom is -0.0494 e. The van der Waals surface area contributed by atoms with Crippen molar-refractivity contribution in [3.63, 3.8) is 0 Å². The Balaban J connectivity index is 2.61. The summed E-state index contributed by atoms with van der Waals surface area (Å²) < 4.78 is 0. The van der Waals surface area contributed by atoms with E-state index >= 15 is 0 Å². The lowest BCUT2D eigenvalue weighted by atomic mass is 10.4. The predicted molar refractivity (Wildman–Crippen MR) is 60.8 cm³/mol. The van der Waals surface area contributed by atoms with E-state index in [4.69, 9.17) is 0 Å². The molecule has 0 heterocycles. The van der Waals surface area contributed by atoms with E-state index in [0.29, 0.717) is 0 Å². The first-order valence-corrected chi connectivity index (χ1v) is 8.06. The van der Waals surface area contributed by atoms with Crippen LogP contribution in [0.1, 0.15) is 46.5 Å². The molecule has 12 heavy (non-hydrogen) atoms. The summed E-state index contributed by atoms with van der Waals surface area (Å²) in [6, 6.07) is 0. The Bertz CT molecular complexity index is 113. The summed E-state index contributed by atoms with van der Waals surface area (Å²) in [6.07, 6.45) is 10.7. The smallest absolute Gasteiger partial charge is 0.0494 e. The third kappa shape index (κ3) is 1.84. The van der Waals surface area contributed by atoms with Crippen LogP contribution in [0.25, 0.3) is 0 Å². The summed E-state index contributed by atoms with van der Waals surface area (Å²) in [4.78, 5) is 0. The summed E-state index contributed by atoms with van der Waals surface area (Å²) in [5.41, 5.74) is 1.16. The summed E-state index contributed by atoms with van der Waals surface area (Å²) in [7, 11) is -0.486. The van der Waals surface area contributed by atoms with E-state index in [1.54, 1.807) is 12.8 Å². The second-order valence-corrected chi connectivity index (χ2v) is 9.17. The first-order valence-electron chi connectivity index (χ1n) is 5.64. The predicted octanol–water partition coefficient (Wildman–Crippen LogP) is 4.01. The second-order valence-electron chi connectivity index (χ2n) is 4.11. The van der Waals surface area contributed by atoms with Crippen LogP contribution in [0.2, 0.25) is 0 Å². The summed E-state index contributed by atoms with van der Waals surface area (Å²) >= 11 is 0. The van der Waals surface area contributed by atoms with Gasteiger partial charge in [0.1, 0.15) is 0 Å². The molecule has 1 heteroatoms. The van der Waals surface area contributed by atoms with Gasteiger partial charge in [-0.05, 0) is 46.5 Å². The average molecular weight is 187 g/mol. The standard InChI is InChI=1S/C11H24P/c1-4-12(5-2,6-3)11-9-7-8-10-11/h11H,4-10H2,1-3H3/q+1. The lowest BCUT2D eigenvalue weighted by Gasteiger charge is -2.29. The van der Waals surface area contributed by atoms with Gasteiger partial charge >= 0.3 is 0 Å². The summed E-state index contributed by atoms with van der Waals surface area (Å²) in [5, 5.41) is 0. The zero-order valence-electron chi connectivity index (χ0n) is 8.97. The van der Waals surface area contributed by atoms with Gasteiger partial charge in [0.25, 0.3) is 0 Å². The summed E-state index contributed by atoms with van der Waals surface area (Å²) in [6.45, 7) is 7.29. The number of hydrogen-bond acceptors (Lipinski definition) is 0. The van der Waals surface area contributed by atoms with Gasteiger partial charge in [-0.2, -0.15) is 0 Å². The van der Waals surface area contributed by atoms with Crippen molar-refractivity contribution in [2.45, 2.75) is 52.1 Å². The molecule has 0 radical (unpaired) electrons. The summed E-state index contributed by atoms with van der Waals surface area (Å²) in [5.74, 6) is 0. The molecule has 0 aromatic carbocycles. The molecule has 0 saturated heterocycles. The molecule has 1 rings (SSSR count). The molecule has 0 aliphatic heterocycles. The van der Waals surface area contributed by atoms with Crippen molar-refractivity contribution in [3.8, 4) is 0 Å². The molecule has 1 aliphatic rings. The fourth-order valence-corrected chi connectivity index (χ4v) is 7.25. The van der Waals surface area contributed by atoms with Crippen molar-refractivity contribution in [1.29, 1.82) is 0 Å². The van der Waals surface area contributed by atoms with E-state index in [0.717, 1.165) is 5.66 Å². The van der Waals surface area contributed by atoms with Gasteiger partial charge in [-0.1, -0.05) is 0 Å². The zero-order valence-corrected chi connectivity index (χ0v) is 9.87. The van der Waals surface area contributed by atoms with Gasteiger partial charge < -0.3 is 0 Å². The Morgan fingerprint density at radius 3 is 1.67 bits per heavy atom. The fraction of sp³-hybridized carbons (Fsp3) is 1.00. The molecule has 0 spiro atoms. The lowest BCUT2D eigenvalue weighted by Crippen LogP contribution is -2.16. The molecule has 1 fully saturated rings. The van der Waals surface area contributed by atoms with E-state index in [-0.39, 0.29) is 0 Å². The molecule has 0 N–H and O–H groups in total. The van der Waals surface area contributed by atoms with Crippen LogP contribution in [0.3, 0.4) is 0 Å². The van der Waals surface area contributed by atoms with Gasteiger partial charge in [-0.3, -0.25) is 0 Å².